The second-order valence-electron chi connectivity index (χ2n) is 8.82. The molecular formula is C24H29N3O4S. The number of nitrogens with one attached hydrogen (secondary N) is 2. The summed E-state index contributed by atoms with van der Waals surface area (Å²) in [7, 11) is -3.72. The van der Waals surface area contributed by atoms with Crippen LogP contribution < -0.4 is 10.6 Å². The maximum atomic E-state index is 13.2. The van der Waals surface area contributed by atoms with Gasteiger partial charge in [0.25, 0.3) is 0 Å². The number of amides is 2. The fraction of sp³-hybridized carbons (Fsp3) is 0.458. The summed E-state index contributed by atoms with van der Waals surface area (Å²) >= 11 is 0. The lowest BCUT2D eigenvalue weighted by atomic mass is 9.96. The van der Waals surface area contributed by atoms with Gasteiger partial charge < -0.3 is 10.6 Å². The molecule has 0 spiro atoms. The van der Waals surface area contributed by atoms with Gasteiger partial charge in [0, 0.05) is 12.5 Å². The molecule has 1 aliphatic heterocycles. The first-order chi connectivity index (χ1) is 15.2. The van der Waals surface area contributed by atoms with Gasteiger partial charge >= 0.3 is 0 Å². The number of hydrogen-bond donors (Lipinski definition) is 2. The predicted molar refractivity (Wildman–Crippen MR) is 122 cm³/mol. The van der Waals surface area contributed by atoms with Crippen LogP contribution in [0.25, 0.3) is 10.8 Å². The molecule has 1 saturated heterocycles. The maximum Gasteiger partial charge on any atom is 0.225 e. The molecule has 1 fully saturated rings. The number of carbonyl (C=O) groups excluding carboxylic acids is 2. The summed E-state index contributed by atoms with van der Waals surface area (Å²) in [5.74, 6) is -1.93. The third-order valence-electron chi connectivity index (χ3n) is 5.78. The van der Waals surface area contributed by atoms with E-state index in [1.54, 1.807) is 18.2 Å². The van der Waals surface area contributed by atoms with E-state index in [0.717, 1.165) is 10.8 Å². The van der Waals surface area contributed by atoms with Crippen molar-refractivity contribution in [3.05, 3.63) is 42.5 Å². The van der Waals surface area contributed by atoms with Crippen molar-refractivity contribution in [2.75, 3.05) is 12.3 Å². The number of fused-ring (bicyclic) bond motifs is 1. The molecule has 0 aromatic heterocycles. The van der Waals surface area contributed by atoms with Crippen molar-refractivity contribution in [3.63, 3.8) is 0 Å². The Kier molecular flexibility index (Phi) is 7.52. The normalized spacial score (nSPS) is 18.2. The SMILES string of the molecule is CC(C)CC(CS(=O)(=O)c1ccc2ccccc2c1)C(=O)NC(C#N)CC1CCNC1=O. The van der Waals surface area contributed by atoms with Crippen LogP contribution in [0, 0.1) is 29.1 Å². The fourth-order valence-electron chi connectivity index (χ4n) is 4.13. The van der Waals surface area contributed by atoms with E-state index in [4.69, 9.17) is 0 Å². The van der Waals surface area contributed by atoms with E-state index in [-0.39, 0.29) is 34.8 Å². The Bertz CT molecular complexity index is 1140. The fourth-order valence-corrected chi connectivity index (χ4v) is 5.72. The minimum Gasteiger partial charge on any atom is -0.356 e. The number of benzene rings is 2. The molecule has 0 bridgehead atoms. The van der Waals surface area contributed by atoms with E-state index in [1.165, 1.54) is 0 Å². The van der Waals surface area contributed by atoms with E-state index >= 15 is 0 Å². The van der Waals surface area contributed by atoms with Gasteiger partial charge in [-0.1, -0.05) is 44.2 Å². The van der Waals surface area contributed by atoms with Crippen LogP contribution in [0.4, 0.5) is 0 Å². The molecule has 1 aliphatic rings. The van der Waals surface area contributed by atoms with Crippen molar-refractivity contribution in [2.24, 2.45) is 17.8 Å². The predicted octanol–water partition coefficient (Wildman–Crippen LogP) is 2.81. The van der Waals surface area contributed by atoms with E-state index in [9.17, 15) is 23.3 Å². The molecule has 7 nitrogen and oxygen atoms in total. The standard InChI is InChI=1S/C24H29N3O4S/c1-16(2)11-20(24(29)27-21(14-25)12-19-9-10-26-23(19)28)15-32(30,31)22-8-7-17-5-3-4-6-18(17)13-22/h3-8,13,16,19-21H,9-12,15H2,1-2H3,(H,26,28)(H,27,29). The van der Waals surface area contributed by atoms with Gasteiger partial charge in [-0.25, -0.2) is 8.42 Å². The lowest BCUT2D eigenvalue weighted by Crippen LogP contribution is -2.42. The monoisotopic (exact) mass is 455 g/mol. The van der Waals surface area contributed by atoms with Gasteiger partial charge in [0.1, 0.15) is 6.04 Å². The summed E-state index contributed by atoms with van der Waals surface area (Å²) in [5, 5.41) is 16.6. The van der Waals surface area contributed by atoms with E-state index < -0.39 is 27.7 Å². The van der Waals surface area contributed by atoms with Gasteiger partial charge in [-0.05, 0) is 48.1 Å². The largest absolute Gasteiger partial charge is 0.356 e. The third-order valence-corrected chi connectivity index (χ3v) is 7.60. The number of nitrogens with zero attached hydrogens (tertiary/aromatic N) is 1. The summed E-state index contributed by atoms with van der Waals surface area (Å²) < 4.78 is 26.3. The molecule has 0 saturated carbocycles. The molecule has 3 atom stereocenters. The Morgan fingerprint density at radius 2 is 1.94 bits per heavy atom. The molecule has 3 unspecified atom stereocenters. The molecule has 2 N–H and O–H groups in total. The molecular weight excluding hydrogens is 426 g/mol. The van der Waals surface area contributed by atoms with Crippen molar-refractivity contribution in [3.8, 4) is 6.07 Å². The molecule has 170 valence electrons. The average Bonchev–Trinajstić information content (AvgIpc) is 3.16. The van der Waals surface area contributed by atoms with Crippen LogP contribution in [0.1, 0.15) is 33.1 Å². The Morgan fingerprint density at radius 1 is 1.22 bits per heavy atom. The van der Waals surface area contributed by atoms with Crippen LogP contribution in [-0.2, 0) is 19.4 Å². The second kappa shape index (κ2) is 10.1. The molecule has 0 radical (unpaired) electrons. The van der Waals surface area contributed by atoms with Crippen molar-refractivity contribution in [1.82, 2.24) is 10.6 Å². The minimum absolute atomic E-state index is 0.0960. The molecule has 32 heavy (non-hydrogen) atoms. The number of rotatable bonds is 9. The third kappa shape index (κ3) is 5.86. The number of hydrogen-bond acceptors (Lipinski definition) is 5. The van der Waals surface area contributed by atoms with Gasteiger partial charge in [-0.15, -0.1) is 0 Å². The zero-order valence-electron chi connectivity index (χ0n) is 18.4. The highest BCUT2D eigenvalue weighted by atomic mass is 32.2. The summed E-state index contributed by atoms with van der Waals surface area (Å²) in [6.45, 7) is 4.41. The Morgan fingerprint density at radius 3 is 2.56 bits per heavy atom. The Labute approximate surface area is 189 Å². The van der Waals surface area contributed by atoms with Gasteiger partial charge in [-0.2, -0.15) is 5.26 Å². The van der Waals surface area contributed by atoms with Crippen LogP contribution >= 0.6 is 0 Å². The van der Waals surface area contributed by atoms with Crippen molar-refractivity contribution in [1.29, 1.82) is 5.26 Å². The quantitative estimate of drug-likeness (QED) is 0.603. The van der Waals surface area contributed by atoms with Gasteiger partial charge in [0.2, 0.25) is 11.8 Å². The summed E-state index contributed by atoms with van der Waals surface area (Å²) in [4.78, 5) is 25.0. The van der Waals surface area contributed by atoms with Crippen molar-refractivity contribution < 1.29 is 18.0 Å². The van der Waals surface area contributed by atoms with Crippen LogP contribution in [-0.4, -0.2) is 38.6 Å². The zero-order chi connectivity index (χ0) is 23.3. The first kappa shape index (κ1) is 23.7. The summed E-state index contributed by atoms with van der Waals surface area (Å²) in [6.07, 6.45) is 1.22. The number of nitriles is 1. The lowest BCUT2D eigenvalue weighted by Gasteiger charge is -2.21. The smallest absolute Gasteiger partial charge is 0.225 e. The number of carbonyl (C=O) groups is 2. The van der Waals surface area contributed by atoms with E-state index in [0.29, 0.717) is 19.4 Å². The molecule has 2 amide bonds. The molecule has 1 heterocycles. The van der Waals surface area contributed by atoms with Gasteiger partial charge in [0.15, 0.2) is 9.84 Å². The van der Waals surface area contributed by atoms with Crippen molar-refractivity contribution in [2.45, 2.75) is 44.0 Å². The van der Waals surface area contributed by atoms with Gasteiger partial charge in [0.05, 0.1) is 22.6 Å². The molecule has 0 aliphatic carbocycles. The zero-order valence-corrected chi connectivity index (χ0v) is 19.2. The highest BCUT2D eigenvalue weighted by Gasteiger charge is 2.32. The molecule has 2 aromatic carbocycles. The molecule has 3 rings (SSSR count). The lowest BCUT2D eigenvalue weighted by molar-refractivity contribution is -0.126. The summed E-state index contributed by atoms with van der Waals surface area (Å²) in [5.41, 5.74) is 0. The maximum absolute atomic E-state index is 13.2. The second-order valence-corrected chi connectivity index (χ2v) is 10.9. The van der Waals surface area contributed by atoms with Crippen molar-refractivity contribution >= 4 is 32.4 Å². The van der Waals surface area contributed by atoms with Crippen LogP contribution in [0.3, 0.4) is 0 Å². The first-order valence-electron chi connectivity index (χ1n) is 10.9. The highest BCUT2D eigenvalue weighted by molar-refractivity contribution is 7.91. The minimum atomic E-state index is -3.72. The summed E-state index contributed by atoms with van der Waals surface area (Å²) in [6, 6.07) is 13.7. The van der Waals surface area contributed by atoms with Crippen LogP contribution in [0.5, 0.6) is 0 Å². The molecule has 2 aromatic rings. The highest BCUT2D eigenvalue weighted by Crippen LogP contribution is 2.24. The topological polar surface area (TPSA) is 116 Å². The van der Waals surface area contributed by atoms with Crippen LogP contribution in [0.15, 0.2) is 47.4 Å². The van der Waals surface area contributed by atoms with E-state index in [2.05, 4.69) is 10.6 Å². The van der Waals surface area contributed by atoms with E-state index in [1.807, 2.05) is 44.2 Å². The average molecular weight is 456 g/mol. The first-order valence-corrected chi connectivity index (χ1v) is 12.5. The van der Waals surface area contributed by atoms with Gasteiger partial charge in [-0.3, -0.25) is 9.59 Å². The van der Waals surface area contributed by atoms with Crippen LogP contribution in [0.2, 0.25) is 0 Å². The Balaban J connectivity index is 1.76. The number of sulfone groups is 1. The molecule has 8 heteroatoms. The Hall–Kier alpha value is -2.92.